The van der Waals surface area contributed by atoms with Gasteiger partial charge in [-0.15, -0.1) is 34.2 Å². The molecular weight excluding hydrogens is 497 g/mol. The van der Waals surface area contributed by atoms with Crippen LogP contribution in [-0.2, 0) is 20.1 Å². The zero-order valence-electron chi connectivity index (χ0n) is 18.6. The number of aryl methyl sites for hydroxylation is 1. The first-order valence-corrected chi connectivity index (χ1v) is 9.57. The van der Waals surface area contributed by atoms with Gasteiger partial charge < -0.3 is 29.9 Å². The highest BCUT2D eigenvalue weighted by Gasteiger charge is 2.21. The lowest BCUT2D eigenvalue weighted by molar-refractivity contribution is 0.0377. The molecule has 1 heterocycles. The van der Waals surface area contributed by atoms with Crippen LogP contribution in [0.25, 0.3) is 0 Å². The number of ether oxygens (including phenoxy) is 1. The van der Waals surface area contributed by atoms with Gasteiger partial charge in [0.05, 0.1) is 25.8 Å². The molecule has 0 aliphatic carbocycles. The summed E-state index contributed by atoms with van der Waals surface area (Å²) in [6, 6.07) is 7.79. The zero-order chi connectivity index (χ0) is 21.4. The monoisotopic (exact) mass is 531 g/mol. The number of aliphatic imine (C=N–C) groups is 1. The summed E-state index contributed by atoms with van der Waals surface area (Å²) in [5, 5.41) is 25.3. The Kier molecular flexibility index (Phi) is 10.5. The van der Waals surface area contributed by atoms with E-state index in [2.05, 4.69) is 25.8 Å². The smallest absolute Gasteiger partial charge is 0.192 e. The molecule has 0 saturated carbocycles. The van der Waals surface area contributed by atoms with Crippen LogP contribution in [0.4, 0.5) is 0 Å². The van der Waals surface area contributed by atoms with E-state index in [1.54, 1.807) is 14.0 Å². The van der Waals surface area contributed by atoms with Crippen molar-refractivity contribution in [2.45, 2.75) is 32.5 Å². The Balaban J connectivity index is 0.00000450. The van der Waals surface area contributed by atoms with Crippen molar-refractivity contribution in [3.63, 3.8) is 0 Å². The third-order valence-electron chi connectivity index (χ3n) is 4.47. The van der Waals surface area contributed by atoms with Gasteiger partial charge in [-0.2, -0.15) is 0 Å². The Labute approximate surface area is 196 Å². The van der Waals surface area contributed by atoms with E-state index in [4.69, 9.17) is 4.74 Å². The van der Waals surface area contributed by atoms with Crippen LogP contribution in [-0.4, -0.2) is 70.6 Å². The zero-order valence-corrected chi connectivity index (χ0v) is 21.0. The second-order valence-electron chi connectivity index (χ2n) is 7.68. The van der Waals surface area contributed by atoms with Crippen molar-refractivity contribution in [2.75, 3.05) is 34.3 Å². The molecule has 0 bridgehead atoms. The summed E-state index contributed by atoms with van der Waals surface area (Å²) < 4.78 is 7.12. The van der Waals surface area contributed by atoms with Crippen LogP contribution in [0.2, 0.25) is 0 Å². The number of guanidine groups is 1. The van der Waals surface area contributed by atoms with E-state index in [0.29, 0.717) is 32.1 Å². The number of halogens is 1. The van der Waals surface area contributed by atoms with Crippen LogP contribution in [0.3, 0.4) is 0 Å². The molecule has 2 aromatic rings. The van der Waals surface area contributed by atoms with Gasteiger partial charge in [-0.25, -0.2) is 4.99 Å². The molecule has 30 heavy (non-hydrogen) atoms. The van der Waals surface area contributed by atoms with Gasteiger partial charge in [-0.3, -0.25) is 0 Å². The van der Waals surface area contributed by atoms with E-state index in [-0.39, 0.29) is 24.0 Å². The average molecular weight is 531 g/mol. The second kappa shape index (κ2) is 12.1. The number of nitrogens with one attached hydrogen (secondary N) is 2. The molecule has 0 spiro atoms. The molecule has 1 unspecified atom stereocenters. The predicted octanol–water partition coefficient (Wildman–Crippen LogP) is 1.30. The lowest BCUT2D eigenvalue weighted by Crippen LogP contribution is -2.50. The van der Waals surface area contributed by atoms with Crippen molar-refractivity contribution in [2.24, 2.45) is 12.0 Å². The highest BCUT2D eigenvalue weighted by atomic mass is 127. The number of aliphatic hydroxyl groups is 1. The molecular formula is C20H34IN7O2. The van der Waals surface area contributed by atoms with E-state index in [0.717, 1.165) is 23.0 Å². The molecule has 1 aromatic heterocycles. The molecule has 9 nitrogen and oxygen atoms in total. The van der Waals surface area contributed by atoms with Gasteiger partial charge >= 0.3 is 0 Å². The Hall–Kier alpha value is -1.92. The first kappa shape index (κ1) is 26.1. The second-order valence-corrected chi connectivity index (χ2v) is 7.68. The van der Waals surface area contributed by atoms with E-state index in [1.807, 2.05) is 61.8 Å². The molecule has 1 atom stereocenters. The number of methoxy groups -OCH3 is 1. The predicted molar refractivity (Wildman–Crippen MR) is 129 cm³/mol. The molecule has 1 aromatic carbocycles. The fourth-order valence-electron chi connectivity index (χ4n) is 2.85. The molecule has 3 N–H and O–H groups in total. The van der Waals surface area contributed by atoms with Crippen LogP contribution in [0.15, 0.2) is 29.3 Å². The molecule has 10 heteroatoms. The standard InChI is InChI=1S/C20H33N7O2.HI/c1-15-24-25-18(27(15)5)12-22-19(23-13-20(2,28)14-26(3)4)21-11-16-7-9-17(29-6)10-8-16;/h7-10,28H,11-14H2,1-6H3,(H2,21,22,23);1H. The van der Waals surface area contributed by atoms with Crippen molar-refractivity contribution in [1.82, 2.24) is 30.3 Å². The average Bonchev–Trinajstić information content (AvgIpc) is 2.99. The molecule has 0 saturated heterocycles. The van der Waals surface area contributed by atoms with Crippen LogP contribution >= 0.6 is 24.0 Å². The van der Waals surface area contributed by atoms with Crippen LogP contribution in [0.5, 0.6) is 5.75 Å². The molecule has 0 aliphatic rings. The van der Waals surface area contributed by atoms with Gasteiger partial charge in [-0.1, -0.05) is 12.1 Å². The topological polar surface area (TPSA) is 99.8 Å². The number of likely N-dealkylation sites (N-methyl/N-ethyl adjacent to an activating group) is 1. The minimum absolute atomic E-state index is 0. The summed E-state index contributed by atoms with van der Waals surface area (Å²) in [7, 11) is 7.44. The Bertz CT molecular complexity index is 804. The lowest BCUT2D eigenvalue weighted by atomic mass is 10.1. The number of benzene rings is 1. The molecule has 0 aliphatic heterocycles. The Morgan fingerprint density at radius 3 is 2.43 bits per heavy atom. The third kappa shape index (κ3) is 8.44. The van der Waals surface area contributed by atoms with Crippen LogP contribution in [0, 0.1) is 6.92 Å². The third-order valence-corrected chi connectivity index (χ3v) is 4.47. The first-order chi connectivity index (χ1) is 13.7. The van der Waals surface area contributed by atoms with Crippen LogP contribution < -0.4 is 15.4 Å². The number of rotatable bonds is 9. The molecule has 0 radical (unpaired) electrons. The normalized spacial score (nSPS) is 13.5. The largest absolute Gasteiger partial charge is 0.497 e. The SMILES string of the molecule is COc1ccc(CN=C(NCc2nnc(C)n2C)NCC(C)(O)CN(C)C)cc1.I. The minimum Gasteiger partial charge on any atom is -0.497 e. The van der Waals surface area contributed by atoms with E-state index in [9.17, 15) is 5.11 Å². The number of aromatic nitrogens is 3. The Morgan fingerprint density at radius 1 is 1.23 bits per heavy atom. The molecule has 168 valence electrons. The summed E-state index contributed by atoms with van der Waals surface area (Å²) in [4.78, 5) is 6.60. The van der Waals surface area contributed by atoms with Crippen molar-refractivity contribution in [3.8, 4) is 5.75 Å². The van der Waals surface area contributed by atoms with Crippen molar-refractivity contribution in [1.29, 1.82) is 0 Å². The van der Waals surface area contributed by atoms with Gasteiger partial charge in [0.25, 0.3) is 0 Å². The number of hydrogen-bond acceptors (Lipinski definition) is 6. The van der Waals surface area contributed by atoms with Crippen molar-refractivity contribution in [3.05, 3.63) is 41.5 Å². The highest BCUT2D eigenvalue weighted by molar-refractivity contribution is 14.0. The first-order valence-electron chi connectivity index (χ1n) is 9.57. The fourth-order valence-corrected chi connectivity index (χ4v) is 2.85. The quantitative estimate of drug-likeness (QED) is 0.255. The lowest BCUT2D eigenvalue weighted by Gasteiger charge is -2.28. The maximum Gasteiger partial charge on any atom is 0.192 e. The highest BCUT2D eigenvalue weighted by Crippen LogP contribution is 2.12. The summed E-state index contributed by atoms with van der Waals surface area (Å²) in [5.41, 5.74) is 0.161. The van der Waals surface area contributed by atoms with E-state index < -0.39 is 5.60 Å². The van der Waals surface area contributed by atoms with Crippen LogP contribution in [0.1, 0.15) is 24.1 Å². The molecule has 0 amide bonds. The number of nitrogens with zero attached hydrogens (tertiary/aromatic N) is 5. The van der Waals surface area contributed by atoms with Gasteiger partial charge in [0.1, 0.15) is 11.6 Å². The summed E-state index contributed by atoms with van der Waals surface area (Å²) >= 11 is 0. The van der Waals surface area contributed by atoms with Gasteiger partial charge in [-0.05, 0) is 45.6 Å². The summed E-state index contributed by atoms with van der Waals surface area (Å²) in [5.74, 6) is 3.06. The van der Waals surface area contributed by atoms with Crippen molar-refractivity contribution < 1.29 is 9.84 Å². The maximum absolute atomic E-state index is 10.6. The molecule has 2 rings (SSSR count). The summed E-state index contributed by atoms with van der Waals surface area (Å²) in [6.45, 7) is 5.57. The summed E-state index contributed by atoms with van der Waals surface area (Å²) in [6.07, 6.45) is 0. The van der Waals surface area contributed by atoms with E-state index >= 15 is 0 Å². The number of hydrogen-bond donors (Lipinski definition) is 3. The van der Waals surface area contributed by atoms with Gasteiger partial charge in [0.15, 0.2) is 11.8 Å². The Morgan fingerprint density at radius 2 is 1.90 bits per heavy atom. The van der Waals surface area contributed by atoms with Gasteiger partial charge in [0, 0.05) is 20.1 Å². The van der Waals surface area contributed by atoms with Gasteiger partial charge in [0.2, 0.25) is 0 Å². The fraction of sp³-hybridized carbons (Fsp3) is 0.550. The van der Waals surface area contributed by atoms with Crippen molar-refractivity contribution >= 4 is 29.9 Å². The van der Waals surface area contributed by atoms with E-state index in [1.165, 1.54) is 0 Å². The molecule has 0 fully saturated rings. The maximum atomic E-state index is 10.6. The minimum atomic E-state index is -0.895.